The van der Waals surface area contributed by atoms with Crippen LogP contribution < -0.4 is 0 Å². The van der Waals surface area contributed by atoms with Gasteiger partial charge in [0.25, 0.3) is 0 Å². The second-order valence-electron chi connectivity index (χ2n) is 3.60. The highest BCUT2D eigenvalue weighted by Gasteiger charge is 2.04. The van der Waals surface area contributed by atoms with Crippen molar-refractivity contribution in [3.05, 3.63) is 24.0 Å². The quantitative estimate of drug-likeness (QED) is 0.664. The molecule has 0 amide bonds. The molecule has 0 aromatic carbocycles. The minimum atomic E-state index is 0.476. The van der Waals surface area contributed by atoms with E-state index in [-0.39, 0.29) is 0 Å². The molecule has 2 heterocycles. The van der Waals surface area contributed by atoms with Crippen LogP contribution in [0.5, 0.6) is 0 Å². The summed E-state index contributed by atoms with van der Waals surface area (Å²) in [7, 11) is 1.91. The van der Waals surface area contributed by atoms with E-state index < -0.39 is 0 Å². The van der Waals surface area contributed by atoms with Crippen molar-refractivity contribution in [1.82, 2.24) is 14.8 Å². The first-order valence-corrected chi connectivity index (χ1v) is 4.47. The number of aryl methyl sites for hydroxylation is 1. The van der Waals surface area contributed by atoms with Gasteiger partial charge in [0.05, 0.1) is 6.20 Å². The highest BCUT2D eigenvalue weighted by atomic mass is 15.3. The molecule has 0 fully saturated rings. The van der Waals surface area contributed by atoms with Gasteiger partial charge in [0, 0.05) is 12.7 Å². The molecular weight excluding hydrogens is 162 g/mol. The average molecular weight is 175 g/mol. The average Bonchev–Trinajstić information content (AvgIpc) is 2.42. The molecule has 68 valence electrons. The predicted octanol–water partition coefficient (Wildman–Crippen LogP) is 2.09. The third-order valence-electron chi connectivity index (χ3n) is 2.09. The molecule has 3 heteroatoms. The van der Waals surface area contributed by atoms with Crippen molar-refractivity contribution in [2.75, 3.05) is 0 Å². The maximum absolute atomic E-state index is 4.51. The van der Waals surface area contributed by atoms with Crippen molar-refractivity contribution >= 4 is 11.0 Å². The van der Waals surface area contributed by atoms with Gasteiger partial charge >= 0.3 is 0 Å². The van der Waals surface area contributed by atoms with Gasteiger partial charge in [0.2, 0.25) is 0 Å². The van der Waals surface area contributed by atoms with E-state index in [1.165, 1.54) is 0 Å². The lowest BCUT2D eigenvalue weighted by Gasteiger charge is -2.01. The van der Waals surface area contributed by atoms with Crippen molar-refractivity contribution < 1.29 is 0 Å². The van der Waals surface area contributed by atoms with E-state index in [4.69, 9.17) is 0 Å². The minimum Gasteiger partial charge on any atom is -0.273 e. The van der Waals surface area contributed by atoms with Crippen LogP contribution in [0.2, 0.25) is 0 Å². The summed E-state index contributed by atoms with van der Waals surface area (Å²) in [6.07, 6.45) is 1.95. The third kappa shape index (κ3) is 1.41. The van der Waals surface area contributed by atoms with Crippen LogP contribution >= 0.6 is 0 Å². The molecule has 0 aliphatic carbocycles. The molecule has 13 heavy (non-hydrogen) atoms. The minimum absolute atomic E-state index is 0.476. The lowest BCUT2D eigenvalue weighted by Crippen LogP contribution is -1.90. The van der Waals surface area contributed by atoms with Gasteiger partial charge in [-0.15, -0.1) is 0 Å². The molecule has 0 spiro atoms. The van der Waals surface area contributed by atoms with E-state index in [2.05, 4.69) is 23.9 Å². The second kappa shape index (κ2) is 2.83. The monoisotopic (exact) mass is 175 g/mol. The fraction of sp³-hybridized carbons (Fsp3) is 0.400. The van der Waals surface area contributed by atoms with Gasteiger partial charge in [-0.3, -0.25) is 4.68 Å². The summed E-state index contributed by atoms with van der Waals surface area (Å²) in [6.45, 7) is 4.29. The first kappa shape index (κ1) is 8.23. The van der Waals surface area contributed by atoms with E-state index in [0.717, 1.165) is 16.7 Å². The number of hydrogen-bond acceptors (Lipinski definition) is 2. The van der Waals surface area contributed by atoms with Gasteiger partial charge in [0.1, 0.15) is 11.0 Å². The molecule has 0 N–H and O–H groups in total. The number of rotatable bonds is 1. The fourth-order valence-corrected chi connectivity index (χ4v) is 1.36. The van der Waals surface area contributed by atoms with Crippen molar-refractivity contribution in [1.29, 1.82) is 0 Å². The van der Waals surface area contributed by atoms with Crippen molar-refractivity contribution in [2.45, 2.75) is 19.8 Å². The van der Waals surface area contributed by atoms with E-state index in [1.807, 2.05) is 25.4 Å². The lowest BCUT2D eigenvalue weighted by atomic mass is 10.1. The predicted molar refractivity (Wildman–Crippen MR) is 52.6 cm³/mol. The maximum Gasteiger partial charge on any atom is 0.111 e. The Bertz CT molecular complexity index is 429. The smallest absolute Gasteiger partial charge is 0.111 e. The highest BCUT2D eigenvalue weighted by Crippen LogP contribution is 2.15. The van der Waals surface area contributed by atoms with Gasteiger partial charge in [-0.1, -0.05) is 13.8 Å². The Labute approximate surface area is 77.4 Å². The van der Waals surface area contributed by atoms with Crippen molar-refractivity contribution in [3.8, 4) is 0 Å². The second-order valence-corrected chi connectivity index (χ2v) is 3.60. The van der Waals surface area contributed by atoms with Crippen LogP contribution in [0.15, 0.2) is 18.3 Å². The summed E-state index contributed by atoms with van der Waals surface area (Å²) in [5.74, 6) is 0.476. The largest absolute Gasteiger partial charge is 0.273 e. The molecule has 0 bridgehead atoms. The molecule has 3 nitrogen and oxygen atoms in total. The highest BCUT2D eigenvalue weighted by molar-refractivity contribution is 5.73. The molecule has 0 radical (unpaired) electrons. The maximum atomic E-state index is 4.51. The number of pyridine rings is 1. The van der Waals surface area contributed by atoms with Crippen molar-refractivity contribution in [3.63, 3.8) is 0 Å². The molecule has 0 saturated carbocycles. The summed E-state index contributed by atoms with van der Waals surface area (Å²) in [5.41, 5.74) is 3.07. The Hall–Kier alpha value is -1.38. The fourth-order valence-electron chi connectivity index (χ4n) is 1.36. The number of fused-ring (bicyclic) bond motifs is 1. The first-order valence-electron chi connectivity index (χ1n) is 4.47. The zero-order chi connectivity index (χ0) is 9.42. The normalized spacial score (nSPS) is 11.4. The van der Waals surface area contributed by atoms with Gasteiger partial charge in [0.15, 0.2) is 0 Å². The van der Waals surface area contributed by atoms with Gasteiger partial charge in [-0.05, 0) is 18.1 Å². The molecular formula is C10H13N3. The van der Waals surface area contributed by atoms with Gasteiger partial charge < -0.3 is 0 Å². The molecule has 2 aromatic rings. The Balaban J connectivity index is 2.61. The SMILES string of the molecule is CC(C)c1ccc2nn(C)cc2n1. The van der Waals surface area contributed by atoms with Crippen LogP contribution in [0.1, 0.15) is 25.5 Å². The van der Waals surface area contributed by atoms with Crippen LogP contribution in [0.3, 0.4) is 0 Å². The third-order valence-corrected chi connectivity index (χ3v) is 2.09. The van der Waals surface area contributed by atoms with Crippen LogP contribution in [-0.4, -0.2) is 14.8 Å². The topological polar surface area (TPSA) is 30.7 Å². The van der Waals surface area contributed by atoms with E-state index >= 15 is 0 Å². The van der Waals surface area contributed by atoms with Gasteiger partial charge in [-0.2, -0.15) is 5.10 Å². The van der Waals surface area contributed by atoms with Crippen LogP contribution in [0, 0.1) is 0 Å². The Kier molecular flexibility index (Phi) is 1.79. The number of aromatic nitrogens is 3. The molecule has 0 saturated heterocycles. The molecule has 2 aromatic heterocycles. The molecule has 0 unspecified atom stereocenters. The lowest BCUT2D eigenvalue weighted by molar-refractivity contribution is 0.779. The Morgan fingerprint density at radius 2 is 2.00 bits per heavy atom. The zero-order valence-electron chi connectivity index (χ0n) is 8.15. The zero-order valence-corrected chi connectivity index (χ0v) is 8.15. The summed E-state index contributed by atoms with van der Waals surface area (Å²) in [4.78, 5) is 4.51. The number of hydrogen-bond donors (Lipinski definition) is 0. The molecule has 0 aliphatic heterocycles. The van der Waals surface area contributed by atoms with E-state index in [1.54, 1.807) is 4.68 Å². The Morgan fingerprint density at radius 1 is 1.23 bits per heavy atom. The summed E-state index contributed by atoms with van der Waals surface area (Å²) in [5, 5.41) is 4.27. The van der Waals surface area contributed by atoms with E-state index in [0.29, 0.717) is 5.92 Å². The van der Waals surface area contributed by atoms with Crippen molar-refractivity contribution in [2.24, 2.45) is 7.05 Å². The standard InChI is InChI=1S/C10H13N3/c1-7(2)8-4-5-9-10(11-8)6-13(3)12-9/h4-7H,1-3H3. The summed E-state index contributed by atoms with van der Waals surface area (Å²) < 4.78 is 1.79. The van der Waals surface area contributed by atoms with Crippen LogP contribution in [0.4, 0.5) is 0 Å². The van der Waals surface area contributed by atoms with Gasteiger partial charge in [-0.25, -0.2) is 4.98 Å². The molecule has 0 atom stereocenters. The summed E-state index contributed by atoms with van der Waals surface area (Å²) >= 11 is 0. The number of nitrogens with zero attached hydrogens (tertiary/aromatic N) is 3. The van der Waals surface area contributed by atoms with E-state index in [9.17, 15) is 0 Å². The van der Waals surface area contributed by atoms with Crippen LogP contribution in [-0.2, 0) is 7.05 Å². The molecule has 2 rings (SSSR count). The van der Waals surface area contributed by atoms with Crippen LogP contribution in [0.25, 0.3) is 11.0 Å². The molecule has 0 aliphatic rings. The Morgan fingerprint density at radius 3 is 2.69 bits per heavy atom. The summed E-state index contributed by atoms with van der Waals surface area (Å²) in [6, 6.07) is 4.07. The first-order chi connectivity index (χ1) is 6.16.